The van der Waals surface area contributed by atoms with Gasteiger partial charge in [0.1, 0.15) is 5.76 Å². The van der Waals surface area contributed by atoms with Crippen LogP contribution < -0.4 is 4.90 Å². The summed E-state index contributed by atoms with van der Waals surface area (Å²) in [6.07, 6.45) is 0.819. The molecule has 0 aliphatic carbocycles. The first-order chi connectivity index (χ1) is 11.3. The van der Waals surface area contributed by atoms with E-state index < -0.39 is 0 Å². The number of aryl methyl sites for hydroxylation is 1. The number of hydrogen-bond donors (Lipinski definition) is 0. The van der Waals surface area contributed by atoms with Crippen molar-refractivity contribution in [2.24, 2.45) is 0 Å². The normalized spacial score (nSPS) is 16.0. The fourth-order valence-corrected chi connectivity index (χ4v) is 2.88. The zero-order chi connectivity index (χ0) is 15.9. The molecule has 3 rings (SSSR count). The van der Waals surface area contributed by atoms with Crippen molar-refractivity contribution in [1.82, 2.24) is 10.1 Å². The Morgan fingerprint density at radius 1 is 1.09 bits per heavy atom. The molecular formula is C18H25N3O2. The molecule has 1 saturated heterocycles. The molecule has 2 aromatic rings. The maximum absolute atomic E-state index is 5.72. The van der Waals surface area contributed by atoms with Gasteiger partial charge in [-0.15, -0.1) is 0 Å². The third-order valence-corrected chi connectivity index (χ3v) is 4.22. The van der Waals surface area contributed by atoms with Crippen molar-refractivity contribution in [2.75, 3.05) is 50.8 Å². The Balaban J connectivity index is 1.29. The number of hydrogen-bond acceptors (Lipinski definition) is 5. The van der Waals surface area contributed by atoms with Gasteiger partial charge in [-0.1, -0.05) is 23.4 Å². The molecule has 124 valence electrons. The van der Waals surface area contributed by atoms with Crippen LogP contribution in [0.1, 0.15) is 11.5 Å². The summed E-state index contributed by atoms with van der Waals surface area (Å²) >= 11 is 0. The highest BCUT2D eigenvalue weighted by Gasteiger charge is 2.16. The third-order valence-electron chi connectivity index (χ3n) is 4.22. The van der Waals surface area contributed by atoms with E-state index in [9.17, 15) is 0 Å². The van der Waals surface area contributed by atoms with Gasteiger partial charge in [0.2, 0.25) is 0 Å². The van der Waals surface area contributed by atoms with Gasteiger partial charge in [-0.05, 0) is 19.1 Å². The van der Waals surface area contributed by atoms with Crippen LogP contribution >= 0.6 is 0 Å². The van der Waals surface area contributed by atoms with Gasteiger partial charge in [0, 0.05) is 50.9 Å². The van der Waals surface area contributed by atoms with Gasteiger partial charge >= 0.3 is 0 Å². The number of rotatable bonds is 7. The van der Waals surface area contributed by atoms with Gasteiger partial charge in [0.15, 0.2) is 0 Å². The minimum Gasteiger partial charge on any atom is -0.380 e. The number of anilines is 1. The highest BCUT2D eigenvalue weighted by molar-refractivity contribution is 5.46. The topological polar surface area (TPSA) is 41.7 Å². The first-order valence-corrected chi connectivity index (χ1v) is 8.33. The molecule has 1 aromatic heterocycles. The molecule has 0 unspecified atom stereocenters. The zero-order valence-electron chi connectivity index (χ0n) is 13.8. The van der Waals surface area contributed by atoms with E-state index in [4.69, 9.17) is 9.26 Å². The van der Waals surface area contributed by atoms with Crippen LogP contribution in [0.3, 0.4) is 0 Å². The second-order valence-electron chi connectivity index (χ2n) is 5.96. The lowest BCUT2D eigenvalue weighted by Gasteiger charge is -2.36. The van der Waals surface area contributed by atoms with Crippen molar-refractivity contribution < 1.29 is 9.26 Å². The summed E-state index contributed by atoms with van der Waals surface area (Å²) in [4.78, 5) is 4.92. The Bertz CT molecular complexity index is 577. The van der Waals surface area contributed by atoms with E-state index in [0.717, 1.165) is 57.2 Å². The van der Waals surface area contributed by atoms with E-state index in [1.54, 1.807) is 0 Å². The average molecular weight is 315 g/mol. The van der Waals surface area contributed by atoms with Crippen molar-refractivity contribution in [1.29, 1.82) is 0 Å². The predicted octanol–water partition coefficient (Wildman–Crippen LogP) is 2.36. The van der Waals surface area contributed by atoms with Gasteiger partial charge in [0.05, 0.1) is 18.9 Å². The number of ether oxygens (including phenoxy) is 1. The van der Waals surface area contributed by atoms with Crippen LogP contribution in [-0.2, 0) is 11.2 Å². The van der Waals surface area contributed by atoms with E-state index in [1.807, 2.05) is 13.0 Å². The first-order valence-electron chi connectivity index (χ1n) is 8.33. The standard InChI is InChI=1S/C18H25N3O2/c1-16-15-17(19-23-16)7-13-22-14-12-20-8-10-21(11-9-20)18-5-3-2-4-6-18/h2-6,15H,7-14H2,1H3. The van der Waals surface area contributed by atoms with E-state index in [-0.39, 0.29) is 0 Å². The molecule has 0 N–H and O–H groups in total. The van der Waals surface area contributed by atoms with E-state index in [1.165, 1.54) is 5.69 Å². The SMILES string of the molecule is Cc1cc(CCOCCN2CCN(c3ccccc3)CC2)no1. The van der Waals surface area contributed by atoms with Crippen molar-refractivity contribution in [2.45, 2.75) is 13.3 Å². The molecule has 5 heteroatoms. The largest absolute Gasteiger partial charge is 0.380 e. The van der Waals surface area contributed by atoms with Crippen LogP contribution in [0.15, 0.2) is 40.9 Å². The molecule has 1 aromatic carbocycles. The molecule has 5 nitrogen and oxygen atoms in total. The summed E-state index contributed by atoms with van der Waals surface area (Å²) in [7, 11) is 0. The molecular weight excluding hydrogens is 290 g/mol. The smallest absolute Gasteiger partial charge is 0.133 e. The molecule has 0 amide bonds. The van der Waals surface area contributed by atoms with Gasteiger partial charge in [0.25, 0.3) is 0 Å². The van der Waals surface area contributed by atoms with E-state index in [2.05, 4.69) is 45.3 Å². The number of piperazine rings is 1. The fraction of sp³-hybridized carbons (Fsp3) is 0.500. The molecule has 1 aliphatic rings. The number of nitrogens with zero attached hydrogens (tertiary/aromatic N) is 3. The molecule has 0 radical (unpaired) electrons. The molecule has 1 aliphatic heterocycles. The summed E-state index contributed by atoms with van der Waals surface area (Å²) in [6, 6.07) is 12.6. The van der Waals surface area contributed by atoms with Crippen LogP contribution in [0.4, 0.5) is 5.69 Å². The predicted molar refractivity (Wildman–Crippen MR) is 90.9 cm³/mol. The summed E-state index contributed by atoms with van der Waals surface area (Å²) in [5, 5.41) is 3.97. The van der Waals surface area contributed by atoms with Gasteiger partial charge in [-0.25, -0.2) is 0 Å². The Kier molecular flexibility index (Phi) is 5.66. The Hall–Kier alpha value is -1.85. The van der Waals surface area contributed by atoms with Crippen molar-refractivity contribution in [3.63, 3.8) is 0 Å². The maximum atomic E-state index is 5.72. The third kappa shape index (κ3) is 4.81. The summed E-state index contributed by atoms with van der Waals surface area (Å²) in [5.74, 6) is 0.858. The second-order valence-corrected chi connectivity index (χ2v) is 5.96. The highest BCUT2D eigenvalue weighted by atomic mass is 16.5. The molecule has 2 heterocycles. The van der Waals surface area contributed by atoms with Crippen LogP contribution in [-0.4, -0.2) is 56.0 Å². The van der Waals surface area contributed by atoms with Crippen LogP contribution in [0.25, 0.3) is 0 Å². The number of benzene rings is 1. The minimum atomic E-state index is 0.704. The number of aromatic nitrogens is 1. The van der Waals surface area contributed by atoms with Crippen molar-refractivity contribution in [3.05, 3.63) is 47.9 Å². The lowest BCUT2D eigenvalue weighted by molar-refractivity contribution is 0.103. The molecule has 0 atom stereocenters. The highest BCUT2D eigenvalue weighted by Crippen LogP contribution is 2.15. The van der Waals surface area contributed by atoms with Crippen molar-refractivity contribution in [3.8, 4) is 0 Å². The maximum Gasteiger partial charge on any atom is 0.133 e. The van der Waals surface area contributed by atoms with Crippen LogP contribution in [0.5, 0.6) is 0 Å². The molecule has 0 saturated carbocycles. The Labute approximate surface area is 137 Å². The quantitative estimate of drug-likeness (QED) is 0.734. The monoisotopic (exact) mass is 315 g/mol. The molecule has 23 heavy (non-hydrogen) atoms. The lowest BCUT2D eigenvalue weighted by Crippen LogP contribution is -2.47. The average Bonchev–Trinajstić information content (AvgIpc) is 3.01. The molecule has 0 bridgehead atoms. The minimum absolute atomic E-state index is 0.704. The Morgan fingerprint density at radius 3 is 2.57 bits per heavy atom. The molecule has 1 fully saturated rings. The number of para-hydroxylation sites is 1. The second kappa shape index (κ2) is 8.13. The zero-order valence-corrected chi connectivity index (χ0v) is 13.8. The summed E-state index contributed by atoms with van der Waals surface area (Å²) in [6.45, 7) is 8.76. The van der Waals surface area contributed by atoms with Crippen molar-refractivity contribution >= 4 is 5.69 Å². The lowest BCUT2D eigenvalue weighted by atomic mass is 10.2. The van der Waals surface area contributed by atoms with E-state index in [0.29, 0.717) is 6.61 Å². The van der Waals surface area contributed by atoms with Crippen LogP contribution in [0.2, 0.25) is 0 Å². The van der Waals surface area contributed by atoms with Gasteiger partial charge in [-0.3, -0.25) is 4.90 Å². The van der Waals surface area contributed by atoms with Gasteiger partial charge in [-0.2, -0.15) is 0 Å². The van der Waals surface area contributed by atoms with Crippen LogP contribution in [0, 0.1) is 6.92 Å². The fourth-order valence-electron chi connectivity index (χ4n) is 2.88. The van der Waals surface area contributed by atoms with Gasteiger partial charge < -0.3 is 14.2 Å². The Morgan fingerprint density at radius 2 is 1.87 bits per heavy atom. The summed E-state index contributed by atoms with van der Waals surface area (Å²) in [5.41, 5.74) is 2.30. The summed E-state index contributed by atoms with van der Waals surface area (Å²) < 4.78 is 10.8. The molecule has 0 spiro atoms. The first kappa shape index (κ1) is 16.0. The van der Waals surface area contributed by atoms with E-state index >= 15 is 0 Å².